The molecule has 6 nitrogen and oxygen atoms in total. The molecule has 2 aromatic carbocycles. The zero-order chi connectivity index (χ0) is 21.1. The molecule has 0 atom stereocenters. The first kappa shape index (κ1) is 20.2. The molecule has 154 valence electrons. The molecule has 0 saturated carbocycles. The monoisotopic (exact) mass is 423 g/mol. The molecule has 1 aliphatic heterocycles. The van der Waals surface area contributed by atoms with Gasteiger partial charge >= 0.3 is 5.97 Å². The van der Waals surface area contributed by atoms with E-state index in [-0.39, 0.29) is 11.9 Å². The van der Waals surface area contributed by atoms with E-state index < -0.39 is 5.41 Å². The summed E-state index contributed by atoms with van der Waals surface area (Å²) in [6.07, 6.45) is 4.31. The standard InChI is InChI=1S/C23H22ClN3O3/c1-30-22(29)23(18-5-3-2-4-6-18)11-13-26(14-12-23)21(28)17-15-25-27(16-17)20-9-7-19(24)8-10-20/h2-10,15-16H,11-14H2,1H3. The van der Waals surface area contributed by atoms with Crippen molar-refractivity contribution >= 4 is 23.5 Å². The smallest absolute Gasteiger partial charge is 0.316 e. The van der Waals surface area contributed by atoms with Crippen molar-refractivity contribution in [3.63, 3.8) is 0 Å². The van der Waals surface area contributed by atoms with Crippen LogP contribution in [0.2, 0.25) is 5.02 Å². The van der Waals surface area contributed by atoms with Crippen LogP contribution >= 0.6 is 11.6 Å². The Labute approximate surface area is 180 Å². The van der Waals surface area contributed by atoms with Crippen molar-refractivity contribution in [3.8, 4) is 5.69 Å². The third-order valence-corrected chi connectivity index (χ3v) is 5.98. The van der Waals surface area contributed by atoms with Gasteiger partial charge in [0.05, 0.1) is 30.0 Å². The molecule has 0 radical (unpaired) electrons. The molecule has 1 amide bonds. The molecule has 0 unspecified atom stereocenters. The third kappa shape index (κ3) is 3.71. The van der Waals surface area contributed by atoms with E-state index in [1.165, 1.54) is 7.11 Å². The zero-order valence-corrected chi connectivity index (χ0v) is 17.4. The number of amides is 1. The number of nitrogens with zero attached hydrogens (tertiary/aromatic N) is 3. The second kappa shape index (κ2) is 8.32. The fourth-order valence-corrected chi connectivity index (χ4v) is 4.13. The number of aromatic nitrogens is 2. The molecule has 0 spiro atoms. The van der Waals surface area contributed by atoms with Crippen LogP contribution in [0.4, 0.5) is 0 Å². The number of carbonyl (C=O) groups is 2. The molecule has 1 saturated heterocycles. The van der Waals surface area contributed by atoms with Gasteiger partial charge in [-0.3, -0.25) is 9.59 Å². The van der Waals surface area contributed by atoms with Crippen molar-refractivity contribution in [3.05, 3.63) is 83.1 Å². The first-order valence-corrected chi connectivity index (χ1v) is 10.2. The molecule has 0 bridgehead atoms. The number of halogens is 1. The molecule has 2 heterocycles. The Morgan fingerprint density at radius 1 is 1.03 bits per heavy atom. The molecule has 7 heteroatoms. The van der Waals surface area contributed by atoms with E-state index in [1.54, 1.807) is 34.1 Å². The lowest BCUT2D eigenvalue weighted by Gasteiger charge is -2.40. The molecular weight excluding hydrogens is 402 g/mol. The number of hydrogen-bond acceptors (Lipinski definition) is 4. The molecule has 3 aromatic rings. The number of benzene rings is 2. The van der Waals surface area contributed by atoms with E-state index in [0.29, 0.717) is 36.5 Å². The summed E-state index contributed by atoms with van der Waals surface area (Å²) in [4.78, 5) is 27.5. The maximum Gasteiger partial charge on any atom is 0.316 e. The van der Waals surface area contributed by atoms with Crippen LogP contribution in [0.3, 0.4) is 0 Å². The highest BCUT2D eigenvalue weighted by Crippen LogP contribution is 2.37. The van der Waals surface area contributed by atoms with Crippen LogP contribution in [0.15, 0.2) is 67.0 Å². The molecule has 1 fully saturated rings. The predicted molar refractivity (Wildman–Crippen MR) is 114 cm³/mol. The Balaban J connectivity index is 1.50. The Morgan fingerprint density at radius 3 is 2.33 bits per heavy atom. The summed E-state index contributed by atoms with van der Waals surface area (Å²) in [6, 6.07) is 16.9. The van der Waals surface area contributed by atoms with E-state index in [1.807, 2.05) is 42.5 Å². The number of rotatable bonds is 4. The minimum atomic E-state index is -0.722. The van der Waals surface area contributed by atoms with Crippen LogP contribution in [0.5, 0.6) is 0 Å². The van der Waals surface area contributed by atoms with Gasteiger partial charge in [-0.1, -0.05) is 41.9 Å². The number of carbonyl (C=O) groups excluding carboxylic acids is 2. The number of ether oxygens (including phenoxy) is 1. The quantitative estimate of drug-likeness (QED) is 0.597. The fourth-order valence-electron chi connectivity index (χ4n) is 4.01. The van der Waals surface area contributed by atoms with Gasteiger partial charge in [0, 0.05) is 24.3 Å². The largest absolute Gasteiger partial charge is 0.468 e. The average molecular weight is 424 g/mol. The molecular formula is C23H22ClN3O3. The zero-order valence-electron chi connectivity index (χ0n) is 16.6. The molecule has 0 aliphatic carbocycles. The SMILES string of the molecule is COC(=O)C1(c2ccccc2)CCN(C(=O)c2cnn(-c3ccc(Cl)cc3)c2)CC1. The summed E-state index contributed by atoms with van der Waals surface area (Å²) in [5, 5.41) is 4.94. The van der Waals surface area contributed by atoms with Crippen LogP contribution in [0.1, 0.15) is 28.8 Å². The van der Waals surface area contributed by atoms with Crippen LogP contribution in [-0.2, 0) is 14.9 Å². The maximum absolute atomic E-state index is 13.0. The van der Waals surface area contributed by atoms with Crippen molar-refractivity contribution in [2.24, 2.45) is 0 Å². The number of likely N-dealkylation sites (tertiary alicyclic amines) is 1. The van der Waals surface area contributed by atoms with Gasteiger partial charge in [0.2, 0.25) is 0 Å². The van der Waals surface area contributed by atoms with Gasteiger partial charge < -0.3 is 9.64 Å². The van der Waals surface area contributed by atoms with Gasteiger partial charge in [-0.25, -0.2) is 4.68 Å². The fraction of sp³-hybridized carbons (Fsp3) is 0.261. The average Bonchev–Trinajstić information content (AvgIpc) is 3.29. The van der Waals surface area contributed by atoms with E-state index in [4.69, 9.17) is 16.3 Å². The highest BCUT2D eigenvalue weighted by atomic mass is 35.5. The summed E-state index contributed by atoms with van der Waals surface area (Å²) in [5.41, 5.74) is 1.54. The second-order valence-electron chi connectivity index (χ2n) is 7.38. The Kier molecular flexibility index (Phi) is 5.59. The van der Waals surface area contributed by atoms with Gasteiger partial charge in [-0.15, -0.1) is 0 Å². The Bertz CT molecular complexity index is 1040. The van der Waals surface area contributed by atoms with Crippen LogP contribution in [0.25, 0.3) is 5.69 Å². The van der Waals surface area contributed by atoms with Gasteiger partial charge in [-0.05, 0) is 42.7 Å². The predicted octanol–water partition coefficient (Wildman–Crippen LogP) is 3.87. The first-order chi connectivity index (χ1) is 14.5. The van der Waals surface area contributed by atoms with Crippen LogP contribution in [0, 0.1) is 0 Å². The topological polar surface area (TPSA) is 64.4 Å². The van der Waals surface area contributed by atoms with Gasteiger partial charge in [0.1, 0.15) is 0 Å². The minimum absolute atomic E-state index is 0.0956. The highest BCUT2D eigenvalue weighted by molar-refractivity contribution is 6.30. The van der Waals surface area contributed by atoms with Crippen molar-refractivity contribution < 1.29 is 14.3 Å². The summed E-state index contributed by atoms with van der Waals surface area (Å²) in [7, 11) is 1.41. The van der Waals surface area contributed by atoms with E-state index in [2.05, 4.69) is 5.10 Å². The van der Waals surface area contributed by atoms with E-state index in [9.17, 15) is 9.59 Å². The van der Waals surface area contributed by atoms with E-state index in [0.717, 1.165) is 11.3 Å². The number of piperidine rings is 1. The number of methoxy groups -OCH3 is 1. The van der Waals surface area contributed by atoms with Crippen molar-refractivity contribution in [2.45, 2.75) is 18.3 Å². The van der Waals surface area contributed by atoms with Gasteiger partial charge in [-0.2, -0.15) is 5.10 Å². The third-order valence-electron chi connectivity index (χ3n) is 5.73. The Morgan fingerprint density at radius 2 is 1.70 bits per heavy atom. The van der Waals surface area contributed by atoms with Crippen LogP contribution in [-0.4, -0.2) is 46.8 Å². The van der Waals surface area contributed by atoms with E-state index >= 15 is 0 Å². The molecule has 4 rings (SSSR count). The minimum Gasteiger partial charge on any atom is -0.468 e. The lowest BCUT2D eigenvalue weighted by atomic mass is 9.72. The van der Waals surface area contributed by atoms with Crippen molar-refractivity contribution in [1.82, 2.24) is 14.7 Å². The van der Waals surface area contributed by atoms with Crippen molar-refractivity contribution in [2.75, 3.05) is 20.2 Å². The normalized spacial score (nSPS) is 15.6. The molecule has 0 N–H and O–H groups in total. The van der Waals surface area contributed by atoms with Gasteiger partial charge in [0.25, 0.3) is 5.91 Å². The first-order valence-electron chi connectivity index (χ1n) is 9.77. The Hall–Kier alpha value is -3.12. The lowest BCUT2D eigenvalue weighted by molar-refractivity contribution is -0.149. The summed E-state index contributed by atoms with van der Waals surface area (Å²) >= 11 is 5.93. The summed E-state index contributed by atoms with van der Waals surface area (Å²) in [5.74, 6) is -0.349. The molecule has 30 heavy (non-hydrogen) atoms. The molecule has 1 aromatic heterocycles. The number of esters is 1. The van der Waals surface area contributed by atoms with Gasteiger partial charge in [0.15, 0.2) is 0 Å². The van der Waals surface area contributed by atoms with Crippen LogP contribution < -0.4 is 0 Å². The highest BCUT2D eigenvalue weighted by Gasteiger charge is 2.44. The summed E-state index contributed by atoms with van der Waals surface area (Å²) in [6.45, 7) is 0.934. The lowest BCUT2D eigenvalue weighted by Crippen LogP contribution is -2.49. The number of hydrogen-bond donors (Lipinski definition) is 0. The summed E-state index contributed by atoms with van der Waals surface area (Å²) < 4.78 is 6.77. The molecule has 1 aliphatic rings. The maximum atomic E-state index is 13.0. The van der Waals surface area contributed by atoms with Crippen molar-refractivity contribution in [1.29, 1.82) is 0 Å². The second-order valence-corrected chi connectivity index (χ2v) is 7.82.